The number of hydrogen-bond donors (Lipinski definition) is 3. The van der Waals surface area contributed by atoms with Gasteiger partial charge in [-0.25, -0.2) is 4.39 Å². The second-order valence-corrected chi connectivity index (χ2v) is 5.72. The van der Waals surface area contributed by atoms with Crippen LogP contribution in [0.3, 0.4) is 0 Å². The van der Waals surface area contributed by atoms with Crippen molar-refractivity contribution in [3.8, 4) is 0 Å². The van der Waals surface area contributed by atoms with E-state index in [-0.39, 0.29) is 18.6 Å². The number of aliphatic hydroxyl groups is 1. The first-order valence-corrected chi connectivity index (χ1v) is 7.50. The molecule has 0 heterocycles. The van der Waals surface area contributed by atoms with E-state index in [4.69, 9.17) is 0 Å². The number of aliphatic hydroxyl groups excluding tert-OH is 1. The standard InChI is InChI=1S/C16H21FN2O3/c1-10-8-12(17)6-7-13(10)18-15(21)16(22)19-14-5-3-2-4-11(14)9-20/h6-8,11,14,20H,2-5,9H2,1H3,(H,18,21)(H,19,22). The lowest BCUT2D eigenvalue weighted by Crippen LogP contribution is -2.47. The summed E-state index contributed by atoms with van der Waals surface area (Å²) in [5.74, 6) is -1.91. The minimum atomic E-state index is -0.781. The van der Waals surface area contributed by atoms with E-state index in [9.17, 15) is 19.1 Å². The predicted molar refractivity (Wildman–Crippen MR) is 80.7 cm³/mol. The van der Waals surface area contributed by atoms with Crippen molar-refractivity contribution < 1.29 is 19.1 Å². The molecule has 2 amide bonds. The van der Waals surface area contributed by atoms with Crippen molar-refractivity contribution in [3.63, 3.8) is 0 Å². The van der Waals surface area contributed by atoms with Crippen molar-refractivity contribution in [1.29, 1.82) is 0 Å². The molecule has 22 heavy (non-hydrogen) atoms. The van der Waals surface area contributed by atoms with Crippen LogP contribution in [0.15, 0.2) is 18.2 Å². The Labute approximate surface area is 128 Å². The Bertz CT molecular complexity index is 562. The summed E-state index contributed by atoms with van der Waals surface area (Å²) in [6, 6.07) is 3.76. The molecular weight excluding hydrogens is 287 g/mol. The predicted octanol–water partition coefficient (Wildman–Crippen LogP) is 1.74. The molecule has 1 aromatic rings. The Balaban J connectivity index is 1.95. The lowest BCUT2D eigenvalue weighted by molar-refractivity contribution is -0.137. The van der Waals surface area contributed by atoms with E-state index in [2.05, 4.69) is 10.6 Å². The van der Waals surface area contributed by atoms with Crippen LogP contribution < -0.4 is 10.6 Å². The highest BCUT2D eigenvalue weighted by Gasteiger charge is 2.27. The van der Waals surface area contributed by atoms with E-state index in [0.717, 1.165) is 25.7 Å². The monoisotopic (exact) mass is 308 g/mol. The molecule has 1 saturated carbocycles. The van der Waals surface area contributed by atoms with Gasteiger partial charge in [-0.1, -0.05) is 12.8 Å². The van der Waals surface area contributed by atoms with Gasteiger partial charge in [0.05, 0.1) is 0 Å². The van der Waals surface area contributed by atoms with Gasteiger partial charge in [0.2, 0.25) is 0 Å². The fraction of sp³-hybridized carbons (Fsp3) is 0.500. The summed E-state index contributed by atoms with van der Waals surface area (Å²) in [6.45, 7) is 1.66. The summed E-state index contributed by atoms with van der Waals surface area (Å²) in [6.07, 6.45) is 3.61. The van der Waals surface area contributed by atoms with E-state index in [0.29, 0.717) is 11.3 Å². The maximum Gasteiger partial charge on any atom is 0.313 e. The van der Waals surface area contributed by atoms with Crippen LogP contribution >= 0.6 is 0 Å². The second kappa shape index (κ2) is 7.35. The summed E-state index contributed by atoms with van der Waals surface area (Å²) >= 11 is 0. The van der Waals surface area contributed by atoms with E-state index >= 15 is 0 Å². The van der Waals surface area contributed by atoms with E-state index in [1.54, 1.807) is 6.92 Å². The molecule has 1 aromatic carbocycles. The molecular formula is C16H21FN2O3. The van der Waals surface area contributed by atoms with Crippen molar-refractivity contribution in [2.75, 3.05) is 11.9 Å². The smallest absolute Gasteiger partial charge is 0.313 e. The third kappa shape index (κ3) is 4.04. The number of benzene rings is 1. The number of hydrogen-bond acceptors (Lipinski definition) is 3. The third-order valence-electron chi connectivity index (χ3n) is 4.10. The van der Waals surface area contributed by atoms with Gasteiger partial charge in [0.25, 0.3) is 0 Å². The number of halogens is 1. The molecule has 1 fully saturated rings. The molecule has 0 spiro atoms. The Morgan fingerprint density at radius 1 is 1.27 bits per heavy atom. The quantitative estimate of drug-likeness (QED) is 0.744. The fourth-order valence-corrected chi connectivity index (χ4v) is 2.80. The molecule has 1 aliphatic carbocycles. The molecule has 0 radical (unpaired) electrons. The molecule has 120 valence electrons. The summed E-state index contributed by atoms with van der Waals surface area (Å²) in [7, 11) is 0. The van der Waals surface area contributed by atoms with Gasteiger partial charge in [-0.05, 0) is 43.5 Å². The lowest BCUT2D eigenvalue weighted by Gasteiger charge is -2.30. The van der Waals surface area contributed by atoms with Crippen LogP contribution in [0.5, 0.6) is 0 Å². The topological polar surface area (TPSA) is 78.4 Å². The third-order valence-corrected chi connectivity index (χ3v) is 4.10. The summed E-state index contributed by atoms with van der Waals surface area (Å²) in [5, 5.41) is 14.5. The number of amides is 2. The van der Waals surface area contributed by atoms with Crippen molar-refractivity contribution >= 4 is 17.5 Å². The molecule has 0 aliphatic heterocycles. The average Bonchev–Trinajstić information content (AvgIpc) is 2.50. The van der Waals surface area contributed by atoms with Gasteiger partial charge in [-0.3, -0.25) is 9.59 Å². The van der Waals surface area contributed by atoms with Crippen LogP contribution in [0, 0.1) is 18.7 Å². The first-order chi connectivity index (χ1) is 10.5. The summed E-state index contributed by atoms with van der Waals surface area (Å²) in [4.78, 5) is 23.9. The van der Waals surface area contributed by atoms with E-state index < -0.39 is 17.6 Å². The van der Waals surface area contributed by atoms with Crippen LogP contribution in [-0.2, 0) is 9.59 Å². The van der Waals surface area contributed by atoms with Gasteiger partial charge in [-0.2, -0.15) is 0 Å². The Morgan fingerprint density at radius 2 is 2.00 bits per heavy atom. The molecule has 2 unspecified atom stereocenters. The number of anilines is 1. The van der Waals surface area contributed by atoms with Crippen LogP contribution in [0.4, 0.5) is 10.1 Å². The van der Waals surface area contributed by atoms with E-state index in [1.165, 1.54) is 18.2 Å². The zero-order chi connectivity index (χ0) is 16.1. The fourth-order valence-electron chi connectivity index (χ4n) is 2.80. The summed E-state index contributed by atoms with van der Waals surface area (Å²) in [5.41, 5.74) is 0.955. The molecule has 5 nitrogen and oxygen atoms in total. The minimum Gasteiger partial charge on any atom is -0.396 e. The molecule has 3 N–H and O–H groups in total. The van der Waals surface area contributed by atoms with Gasteiger partial charge < -0.3 is 15.7 Å². The largest absolute Gasteiger partial charge is 0.396 e. The molecule has 0 bridgehead atoms. The van der Waals surface area contributed by atoms with E-state index in [1.807, 2.05) is 0 Å². The highest BCUT2D eigenvalue weighted by Crippen LogP contribution is 2.24. The molecule has 1 aliphatic rings. The average molecular weight is 308 g/mol. The van der Waals surface area contributed by atoms with Crippen molar-refractivity contribution in [3.05, 3.63) is 29.6 Å². The van der Waals surface area contributed by atoms with Gasteiger partial charge in [0, 0.05) is 24.3 Å². The Kier molecular flexibility index (Phi) is 5.49. The van der Waals surface area contributed by atoms with Crippen molar-refractivity contribution in [1.82, 2.24) is 5.32 Å². The van der Waals surface area contributed by atoms with Crippen LogP contribution in [0.1, 0.15) is 31.2 Å². The van der Waals surface area contributed by atoms with Gasteiger partial charge in [-0.15, -0.1) is 0 Å². The maximum absolute atomic E-state index is 13.0. The number of carbonyl (C=O) groups excluding carboxylic acids is 2. The number of nitrogens with one attached hydrogen (secondary N) is 2. The van der Waals surface area contributed by atoms with Gasteiger partial charge >= 0.3 is 11.8 Å². The maximum atomic E-state index is 13.0. The first-order valence-electron chi connectivity index (χ1n) is 7.50. The molecule has 0 saturated heterocycles. The first kappa shape index (κ1) is 16.4. The van der Waals surface area contributed by atoms with Crippen molar-refractivity contribution in [2.45, 2.75) is 38.6 Å². The number of rotatable bonds is 3. The highest BCUT2D eigenvalue weighted by molar-refractivity contribution is 6.39. The second-order valence-electron chi connectivity index (χ2n) is 5.72. The van der Waals surface area contributed by atoms with Crippen LogP contribution in [0.2, 0.25) is 0 Å². The molecule has 2 rings (SSSR count). The molecule has 2 atom stereocenters. The SMILES string of the molecule is Cc1cc(F)ccc1NC(=O)C(=O)NC1CCCCC1CO. The number of carbonyl (C=O) groups is 2. The Morgan fingerprint density at radius 3 is 2.68 bits per heavy atom. The minimum absolute atomic E-state index is 0.00180. The highest BCUT2D eigenvalue weighted by atomic mass is 19.1. The van der Waals surface area contributed by atoms with Gasteiger partial charge in [0.15, 0.2) is 0 Å². The number of aryl methyl sites for hydroxylation is 1. The Hall–Kier alpha value is -1.95. The van der Waals surface area contributed by atoms with Gasteiger partial charge in [0.1, 0.15) is 5.82 Å². The van der Waals surface area contributed by atoms with Crippen molar-refractivity contribution in [2.24, 2.45) is 5.92 Å². The zero-order valence-electron chi connectivity index (χ0n) is 12.6. The van der Waals surface area contributed by atoms with Crippen LogP contribution in [0.25, 0.3) is 0 Å². The zero-order valence-corrected chi connectivity index (χ0v) is 12.6. The lowest BCUT2D eigenvalue weighted by atomic mass is 9.85. The normalized spacial score (nSPS) is 21.2. The summed E-state index contributed by atoms with van der Waals surface area (Å²) < 4.78 is 13.0. The molecule has 6 heteroatoms. The molecule has 0 aromatic heterocycles. The van der Waals surface area contributed by atoms with Crippen LogP contribution in [-0.4, -0.2) is 29.6 Å².